The van der Waals surface area contributed by atoms with Gasteiger partial charge in [-0.2, -0.15) is 0 Å². The van der Waals surface area contributed by atoms with Gasteiger partial charge in [0.1, 0.15) is 5.60 Å². The molecule has 0 saturated heterocycles. The van der Waals surface area contributed by atoms with Gasteiger partial charge in [-0.1, -0.05) is 0 Å². The number of rotatable bonds is 5. The van der Waals surface area contributed by atoms with Gasteiger partial charge >= 0.3 is 12.1 Å². The molecule has 0 fully saturated rings. The minimum Gasteiger partial charge on any atom is -0.481 e. The summed E-state index contributed by atoms with van der Waals surface area (Å²) in [6.45, 7) is 5.27. The van der Waals surface area contributed by atoms with Crippen molar-refractivity contribution in [1.82, 2.24) is 10.3 Å². The van der Waals surface area contributed by atoms with Crippen molar-refractivity contribution < 1.29 is 19.4 Å². The number of amides is 1. The van der Waals surface area contributed by atoms with Gasteiger partial charge in [-0.3, -0.25) is 9.78 Å². The van der Waals surface area contributed by atoms with Gasteiger partial charge in [0, 0.05) is 18.9 Å². The Labute approximate surface area is 118 Å². The number of aromatic nitrogens is 1. The van der Waals surface area contributed by atoms with Gasteiger partial charge in [0.15, 0.2) is 0 Å². The van der Waals surface area contributed by atoms with Crippen LogP contribution in [0.15, 0.2) is 24.5 Å². The van der Waals surface area contributed by atoms with E-state index >= 15 is 0 Å². The second kappa shape index (κ2) is 6.88. The van der Waals surface area contributed by atoms with Crippen molar-refractivity contribution in [3.63, 3.8) is 0 Å². The lowest BCUT2D eigenvalue weighted by atomic mass is 10.0. The molecule has 2 N–H and O–H groups in total. The Morgan fingerprint density at radius 3 is 2.45 bits per heavy atom. The summed E-state index contributed by atoms with van der Waals surface area (Å²) in [7, 11) is 0. The zero-order valence-corrected chi connectivity index (χ0v) is 11.9. The molecule has 0 aliphatic rings. The molecular formula is C14H20N2O4. The molecular weight excluding hydrogens is 260 g/mol. The SMILES string of the molecule is CC(C)(C)OC(=O)NC[C@@H](Cc1ccncc1)C(=O)O. The van der Waals surface area contributed by atoms with Crippen LogP contribution < -0.4 is 5.32 Å². The fourth-order valence-corrected chi connectivity index (χ4v) is 1.57. The summed E-state index contributed by atoms with van der Waals surface area (Å²) in [6.07, 6.45) is 2.93. The van der Waals surface area contributed by atoms with Crippen LogP contribution in [0.1, 0.15) is 26.3 Å². The molecule has 1 aromatic rings. The fourth-order valence-electron chi connectivity index (χ4n) is 1.57. The summed E-state index contributed by atoms with van der Waals surface area (Å²) in [4.78, 5) is 26.6. The number of carbonyl (C=O) groups excluding carboxylic acids is 1. The number of ether oxygens (including phenoxy) is 1. The molecule has 0 bridgehead atoms. The lowest BCUT2D eigenvalue weighted by Gasteiger charge is -2.20. The number of hydrogen-bond donors (Lipinski definition) is 2. The van der Waals surface area contributed by atoms with E-state index in [1.54, 1.807) is 45.3 Å². The van der Waals surface area contributed by atoms with Gasteiger partial charge in [0.2, 0.25) is 0 Å². The highest BCUT2D eigenvalue weighted by Gasteiger charge is 2.21. The van der Waals surface area contributed by atoms with Crippen LogP contribution in [0.4, 0.5) is 4.79 Å². The van der Waals surface area contributed by atoms with Crippen molar-refractivity contribution in [3.8, 4) is 0 Å². The first-order chi connectivity index (χ1) is 9.28. The zero-order valence-electron chi connectivity index (χ0n) is 11.9. The van der Waals surface area contributed by atoms with Gasteiger partial charge in [-0.15, -0.1) is 0 Å². The first-order valence-electron chi connectivity index (χ1n) is 6.36. The minimum absolute atomic E-state index is 0.0204. The molecule has 110 valence electrons. The summed E-state index contributed by atoms with van der Waals surface area (Å²) in [5, 5.41) is 11.7. The van der Waals surface area contributed by atoms with Crippen LogP contribution in [0.5, 0.6) is 0 Å². The van der Waals surface area contributed by atoms with E-state index in [-0.39, 0.29) is 6.54 Å². The molecule has 1 amide bonds. The number of carboxylic acids is 1. The van der Waals surface area contributed by atoms with Crippen LogP contribution in [0.25, 0.3) is 0 Å². The van der Waals surface area contributed by atoms with E-state index in [2.05, 4.69) is 10.3 Å². The maximum Gasteiger partial charge on any atom is 0.407 e. The predicted octanol–water partition coefficient (Wildman–Crippen LogP) is 1.85. The van der Waals surface area contributed by atoms with Gasteiger partial charge in [0.05, 0.1) is 5.92 Å². The molecule has 0 aromatic carbocycles. The molecule has 1 rings (SSSR count). The number of nitrogens with one attached hydrogen (secondary N) is 1. The molecule has 0 radical (unpaired) electrons. The summed E-state index contributed by atoms with van der Waals surface area (Å²) < 4.78 is 5.07. The van der Waals surface area contributed by atoms with Crippen LogP contribution in [0.3, 0.4) is 0 Å². The average Bonchev–Trinajstić information content (AvgIpc) is 2.33. The third-order valence-electron chi connectivity index (χ3n) is 2.47. The summed E-state index contributed by atoms with van der Waals surface area (Å²) >= 11 is 0. The monoisotopic (exact) mass is 280 g/mol. The number of alkyl carbamates (subject to hydrolysis) is 1. The Morgan fingerprint density at radius 2 is 1.95 bits per heavy atom. The standard InChI is InChI=1S/C14H20N2O4/c1-14(2,3)20-13(19)16-9-11(12(17)18)8-10-4-6-15-7-5-10/h4-7,11H,8-9H2,1-3H3,(H,16,19)(H,17,18)/t11-/m1/s1. The second-order valence-corrected chi connectivity index (χ2v) is 5.48. The first kappa shape index (κ1) is 15.9. The van der Waals surface area contributed by atoms with E-state index in [0.717, 1.165) is 5.56 Å². The smallest absolute Gasteiger partial charge is 0.407 e. The molecule has 0 spiro atoms. The summed E-state index contributed by atoms with van der Waals surface area (Å²) in [5.41, 5.74) is 0.256. The van der Waals surface area contributed by atoms with E-state index in [1.165, 1.54) is 0 Å². The first-order valence-corrected chi connectivity index (χ1v) is 6.36. The number of carboxylic acid groups (broad SMARTS) is 1. The quantitative estimate of drug-likeness (QED) is 0.859. The Morgan fingerprint density at radius 1 is 1.35 bits per heavy atom. The Bertz CT molecular complexity index is 454. The second-order valence-electron chi connectivity index (χ2n) is 5.48. The fraction of sp³-hybridized carbons (Fsp3) is 0.500. The highest BCUT2D eigenvalue weighted by molar-refractivity contribution is 5.73. The van der Waals surface area contributed by atoms with Crippen LogP contribution in [0, 0.1) is 5.92 Å². The molecule has 1 aromatic heterocycles. The topological polar surface area (TPSA) is 88.5 Å². The van der Waals surface area contributed by atoms with Gasteiger partial charge in [-0.25, -0.2) is 4.79 Å². The summed E-state index contributed by atoms with van der Waals surface area (Å²) in [6, 6.07) is 3.51. The van der Waals surface area contributed by atoms with E-state index in [4.69, 9.17) is 4.74 Å². The maximum absolute atomic E-state index is 11.5. The van der Waals surface area contributed by atoms with Crippen LogP contribution in [-0.4, -0.2) is 34.3 Å². The molecule has 0 unspecified atom stereocenters. The predicted molar refractivity (Wildman–Crippen MR) is 73.3 cm³/mol. The van der Waals surface area contributed by atoms with Crippen LogP contribution >= 0.6 is 0 Å². The van der Waals surface area contributed by atoms with E-state index in [1.807, 2.05) is 0 Å². The molecule has 1 heterocycles. The van der Waals surface area contributed by atoms with Crippen molar-refractivity contribution in [1.29, 1.82) is 0 Å². The van der Waals surface area contributed by atoms with Gasteiger partial charge in [0.25, 0.3) is 0 Å². The molecule has 1 atom stereocenters. The maximum atomic E-state index is 11.5. The third kappa shape index (κ3) is 6.17. The number of aliphatic carboxylic acids is 1. The molecule has 6 nitrogen and oxygen atoms in total. The minimum atomic E-state index is -0.960. The molecule has 0 aliphatic carbocycles. The highest BCUT2D eigenvalue weighted by Crippen LogP contribution is 2.09. The van der Waals surface area contributed by atoms with Crippen LogP contribution in [0.2, 0.25) is 0 Å². The number of nitrogens with zero attached hydrogens (tertiary/aromatic N) is 1. The van der Waals surface area contributed by atoms with E-state index < -0.39 is 23.6 Å². The Kier molecular flexibility index (Phi) is 5.49. The van der Waals surface area contributed by atoms with Gasteiger partial charge in [-0.05, 0) is 44.9 Å². The van der Waals surface area contributed by atoms with Crippen LogP contribution in [-0.2, 0) is 16.0 Å². The number of hydrogen-bond acceptors (Lipinski definition) is 4. The van der Waals surface area contributed by atoms with E-state index in [9.17, 15) is 14.7 Å². The average molecular weight is 280 g/mol. The molecule has 0 saturated carbocycles. The van der Waals surface area contributed by atoms with Crippen molar-refractivity contribution in [2.75, 3.05) is 6.54 Å². The molecule has 0 aliphatic heterocycles. The highest BCUT2D eigenvalue weighted by atomic mass is 16.6. The summed E-state index contributed by atoms with van der Waals surface area (Å²) in [5.74, 6) is -1.66. The van der Waals surface area contributed by atoms with Crippen molar-refractivity contribution in [2.24, 2.45) is 5.92 Å². The third-order valence-corrected chi connectivity index (χ3v) is 2.47. The Hall–Kier alpha value is -2.11. The zero-order chi connectivity index (χ0) is 15.2. The normalized spacial score (nSPS) is 12.6. The molecule has 20 heavy (non-hydrogen) atoms. The molecule has 6 heteroatoms. The largest absolute Gasteiger partial charge is 0.481 e. The lowest BCUT2D eigenvalue weighted by Crippen LogP contribution is -2.37. The van der Waals surface area contributed by atoms with Crippen molar-refractivity contribution in [2.45, 2.75) is 32.8 Å². The number of carbonyl (C=O) groups is 2. The van der Waals surface area contributed by atoms with Crippen molar-refractivity contribution in [3.05, 3.63) is 30.1 Å². The number of pyridine rings is 1. The Balaban J connectivity index is 2.52. The van der Waals surface area contributed by atoms with Gasteiger partial charge < -0.3 is 15.2 Å². The van der Waals surface area contributed by atoms with Crippen molar-refractivity contribution >= 4 is 12.1 Å². The lowest BCUT2D eigenvalue weighted by molar-refractivity contribution is -0.141. The van der Waals surface area contributed by atoms with E-state index in [0.29, 0.717) is 6.42 Å².